The summed E-state index contributed by atoms with van der Waals surface area (Å²) in [5, 5.41) is 1.24. The van der Waals surface area contributed by atoms with Crippen LogP contribution in [0.4, 0.5) is 0 Å². The largest absolute Gasteiger partial charge is 0.494 e. The minimum absolute atomic E-state index is 0.678. The van der Waals surface area contributed by atoms with Gasteiger partial charge >= 0.3 is 0 Å². The Hall–Kier alpha value is -1.48. The summed E-state index contributed by atoms with van der Waals surface area (Å²) in [6.07, 6.45) is 22.4. The van der Waals surface area contributed by atoms with Crippen molar-refractivity contribution in [2.45, 2.75) is 103 Å². The van der Waals surface area contributed by atoms with E-state index in [2.05, 4.69) is 36.3 Å². The summed E-state index contributed by atoms with van der Waals surface area (Å²) in [5.41, 5.74) is 8.15. The number of H-pyrrole nitrogens is 1. The van der Waals surface area contributed by atoms with Crippen LogP contribution in [-0.4, -0.2) is 18.1 Å². The van der Waals surface area contributed by atoms with Crippen LogP contribution in [0.2, 0.25) is 0 Å². The Morgan fingerprint density at radius 2 is 1.38 bits per heavy atom. The third kappa shape index (κ3) is 9.71. The molecule has 3 N–H and O–H groups in total. The average Bonchev–Trinajstić information content (AvgIpc) is 3.13. The van der Waals surface area contributed by atoms with Crippen molar-refractivity contribution in [1.29, 1.82) is 0 Å². The summed E-state index contributed by atoms with van der Waals surface area (Å²) >= 11 is 0. The Balaban J connectivity index is 1.43. The fourth-order valence-corrected chi connectivity index (χ4v) is 4.10. The molecule has 1 heterocycles. The average molecular weight is 401 g/mol. The van der Waals surface area contributed by atoms with Gasteiger partial charge < -0.3 is 15.5 Å². The van der Waals surface area contributed by atoms with E-state index in [0.29, 0.717) is 6.54 Å². The fourth-order valence-electron chi connectivity index (χ4n) is 4.10. The van der Waals surface area contributed by atoms with Crippen molar-refractivity contribution in [3.05, 3.63) is 30.0 Å². The molecular formula is C26H44N2O. The zero-order valence-corrected chi connectivity index (χ0v) is 18.8. The van der Waals surface area contributed by atoms with Crippen molar-refractivity contribution in [2.24, 2.45) is 5.73 Å². The van der Waals surface area contributed by atoms with Crippen molar-refractivity contribution < 1.29 is 4.74 Å². The number of nitrogens with one attached hydrogen (secondary N) is 1. The van der Waals surface area contributed by atoms with E-state index in [0.717, 1.165) is 30.7 Å². The zero-order chi connectivity index (χ0) is 20.6. The highest BCUT2D eigenvalue weighted by molar-refractivity contribution is 5.84. The summed E-state index contributed by atoms with van der Waals surface area (Å²) in [4.78, 5) is 3.31. The Labute approximate surface area is 178 Å². The number of fused-ring (bicyclic) bond motifs is 1. The van der Waals surface area contributed by atoms with Crippen LogP contribution in [0.5, 0.6) is 5.75 Å². The first kappa shape index (κ1) is 23.8. The summed E-state index contributed by atoms with van der Waals surface area (Å²) < 4.78 is 5.98. The van der Waals surface area contributed by atoms with Gasteiger partial charge in [0.2, 0.25) is 0 Å². The van der Waals surface area contributed by atoms with E-state index in [-0.39, 0.29) is 0 Å². The first-order valence-corrected chi connectivity index (χ1v) is 12.3. The predicted octanol–water partition coefficient (Wildman–Crippen LogP) is 7.53. The lowest BCUT2D eigenvalue weighted by Crippen LogP contribution is -2.02. The molecule has 0 aliphatic carbocycles. The fraction of sp³-hybridized carbons (Fsp3) is 0.692. The maximum absolute atomic E-state index is 5.98. The molecule has 0 amide bonds. The van der Waals surface area contributed by atoms with Gasteiger partial charge in [-0.2, -0.15) is 0 Å². The van der Waals surface area contributed by atoms with Crippen LogP contribution >= 0.6 is 0 Å². The van der Waals surface area contributed by atoms with Gasteiger partial charge in [0.1, 0.15) is 5.75 Å². The monoisotopic (exact) mass is 400 g/mol. The number of hydrogen-bond acceptors (Lipinski definition) is 2. The predicted molar refractivity (Wildman–Crippen MR) is 127 cm³/mol. The lowest BCUT2D eigenvalue weighted by molar-refractivity contribution is 0.304. The Morgan fingerprint density at radius 1 is 0.793 bits per heavy atom. The number of nitrogens with two attached hydrogens (primary N) is 1. The molecule has 0 atom stereocenters. The van der Waals surface area contributed by atoms with Gasteiger partial charge in [-0.05, 0) is 43.1 Å². The molecule has 0 aliphatic rings. The quantitative estimate of drug-likeness (QED) is 0.254. The molecule has 0 saturated heterocycles. The van der Waals surface area contributed by atoms with Gasteiger partial charge in [-0.3, -0.25) is 0 Å². The number of ether oxygens (including phenoxy) is 1. The lowest BCUT2D eigenvalue weighted by Gasteiger charge is -2.07. The van der Waals surface area contributed by atoms with Gasteiger partial charge in [0.25, 0.3) is 0 Å². The van der Waals surface area contributed by atoms with Crippen LogP contribution in [-0.2, 0) is 6.42 Å². The minimum atomic E-state index is 0.678. The van der Waals surface area contributed by atoms with Crippen molar-refractivity contribution in [3.63, 3.8) is 0 Å². The third-order valence-corrected chi connectivity index (χ3v) is 5.92. The highest BCUT2D eigenvalue weighted by Crippen LogP contribution is 2.24. The van der Waals surface area contributed by atoms with Gasteiger partial charge in [0.15, 0.2) is 0 Å². The Bertz CT molecular complexity index is 649. The molecule has 0 spiro atoms. The number of unbranched alkanes of at least 4 members (excludes halogenated alkanes) is 13. The Morgan fingerprint density at radius 3 is 1.97 bits per heavy atom. The van der Waals surface area contributed by atoms with Crippen LogP contribution in [0.15, 0.2) is 24.4 Å². The maximum atomic E-state index is 5.98. The number of aromatic nitrogens is 1. The SMILES string of the molecule is CCCCCCCCCCCCCCCCOc1ccc2[nH]cc(CCN)c2c1. The van der Waals surface area contributed by atoms with E-state index in [1.165, 1.54) is 94.4 Å². The lowest BCUT2D eigenvalue weighted by atomic mass is 10.0. The van der Waals surface area contributed by atoms with Gasteiger partial charge in [0, 0.05) is 17.1 Å². The summed E-state index contributed by atoms with van der Waals surface area (Å²) in [5.74, 6) is 0.977. The van der Waals surface area contributed by atoms with E-state index in [9.17, 15) is 0 Å². The van der Waals surface area contributed by atoms with Crippen LogP contribution in [0.1, 0.15) is 102 Å². The van der Waals surface area contributed by atoms with E-state index < -0.39 is 0 Å². The molecule has 29 heavy (non-hydrogen) atoms. The van der Waals surface area contributed by atoms with Gasteiger partial charge in [-0.1, -0.05) is 90.4 Å². The molecule has 0 bridgehead atoms. The standard InChI is InChI=1S/C26H44N2O/c1-2-3-4-5-6-7-8-9-10-11-12-13-14-15-20-29-24-16-17-26-25(21-24)23(18-19-27)22-28-26/h16-17,21-22,28H,2-15,18-20,27H2,1H3. The number of benzene rings is 1. The molecule has 1 aromatic heterocycles. The molecule has 164 valence electrons. The van der Waals surface area contributed by atoms with E-state index >= 15 is 0 Å². The summed E-state index contributed by atoms with van der Waals surface area (Å²) in [6, 6.07) is 6.32. The molecule has 2 aromatic rings. The summed E-state index contributed by atoms with van der Waals surface area (Å²) in [6.45, 7) is 3.79. The van der Waals surface area contributed by atoms with Crippen LogP contribution in [0.25, 0.3) is 10.9 Å². The number of aromatic amines is 1. The van der Waals surface area contributed by atoms with Crippen molar-refractivity contribution in [1.82, 2.24) is 4.98 Å². The summed E-state index contributed by atoms with van der Waals surface area (Å²) in [7, 11) is 0. The highest BCUT2D eigenvalue weighted by atomic mass is 16.5. The normalized spacial score (nSPS) is 11.4. The van der Waals surface area contributed by atoms with Crippen LogP contribution in [0.3, 0.4) is 0 Å². The topological polar surface area (TPSA) is 51.0 Å². The molecule has 0 radical (unpaired) electrons. The molecule has 0 fully saturated rings. The molecule has 2 rings (SSSR count). The molecular weight excluding hydrogens is 356 g/mol. The number of rotatable bonds is 18. The third-order valence-electron chi connectivity index (χ3n) is 5.92. The molecule has 3 heteroatoms. The molecule has 1 aromatic carbocycles. The number of hydrogen-bond donors (Lipinski definition) is 2. The molecule has 0 aliphatic heterocycles. The highest BCUT2D eigenvalue weighted by Gasteiger charge is 2.04. The second-order valence-electron chi connectivity index (χ2n) is 8.50. The zero-order valence-electron chi connectivity index (χ0n) is 18.8. The van der Waals surface area contributed by atoms with Gasteiger partial charge in [0.05, 0.1) is 6.61 Å². The van der Waals surface area contributed by atoms with E-state index in [1.54, 1.807) is 0 Å². The van der Waals surface area contributed by atoms with Crippen LogP contribution < -0.4 is 10.5 Å². The van der Waals surface area contributed by atoms with Crippen molar-refractivity contribution in [2.75, 3.05) is 13.2 Å². The minimum Gasteiger partial charge on any atom is -0.494 e. The van der Waals surface area contributed by atoms with Crippen molar-refractivity contribution >= 4 is 10.9 Å². The van der Waals surface area contributed by atoms with E-state index in [4.69, 9.17) is 10.5 Å². The molecule has 3 nitrogen and oxygen atoms in total. The smallest absolute Gasteiger partial charge is 0.120 e. The first-order valence-electron chi connectivity index (χ1n) is 12.3. The van der Waals surface area contributed by atoms with E-state index in [1.807, 2.05) is 0 Å². The van der Waals surface area contributed by atoms with Crippen LogP contribution in [0, 0.1) is 0 Å². The van der Waals surface area contributed by atoms with Gasteiger partial charge in [-0.25, -0.2) is 0 Å². The second-order valence-corrected chi connectivity index (χ2v) is 8.50. The first-order chi connectivity index (χ1) is 14.3. The Kier molecular flexibility index (Phi) is 12.6. The van der Waals surface area contributed by atoms with Gasteiger partial charge in [-0.15, -0.1) is 0 Å². The molecule has 0 saturated carbocycles. The second kappa shape index (κ2) is 15.4. The maximum Gasteiger partial charge on any atom is 0.120 e. The molecule has 0 unspecified atom stereocenters. The van der Waals surface area contributed by atoms with Crippen molar-refractivity contribution in [3.8, 4) is 5.75 Å².